The first-order valence-electron chi connectivity index (χ1n) is 11.8. The van der Waals surface area contributed by atoms with Crippen LogP contribution < -0.4 is 10.6 Å². The molecule has 31 heavy (non-hydrogen) atoms. The van der Waals surface area contributed by atoms with Gasteiger partial charge in [-0.3, -0.25) is 4.79 Å². The van der Waals surface area contributed by atoms with E-state index in [1.165, 1.54) is 0 Å². The van der Waals surface area contributed by atoms with Crippen molar-refractivity contribution in [3.8, 4) is 0 Å². The van der Waals surface area contributed by atoms with Gasteiger partial charge in [0.05, 0.1) is 5.75 Å². The molecule has 0 aromatic carbocycles. The van der Waals surface area contributed by atoms with Crippen LogP contribution in [0.5, 0.6) is 0 Å². The van der Waals surface area contributed by atoms with E-state index in [0.717, 1.165) is 57.4 Å². The van der Waals surface area contributed by atoms with Crippen LogP contribution in [0.25, 0.3) is 0 Å². The standard InChI is InChI=1S/C22H38N4O4S/c1-4-6-18(24-22(27)20-14-21(30-25-20)17-7-8-17)13-19(5-2)26(3)31(28,29)15-16-9-11-23-12-10-16/h14,16-19,23H,4-13,15H2,1-3H3,(H,24,27)/t18-,19-/m0/s1. The fourth-order valence-electron chi connectivity index (χ4n) is 4.40. The molecule has 1 aliphatic heterocycles. The van der Waals surface area contributed by atoms with E-state index in [9.17, 15) is 13.2 Å². The first kappa shape index (κ1) is 24.2. The second-order valence-corrected chi connectivity index (χ2v) is 11.2. The van der Waals surface area contributed by atoms with Gasteiger partial charge in [-0.15, -0.1) is 0 Å². The predicted octanol–water partition coefficient (Wildman–Crippen LogP) is 2.88. The third-order valence-corrected chi connectivity index (χ3v) is 8.67. The highest BCUT2D eigenvalue weighted by Crippen LogP contribution is 2.40. The molecule has 3 rings (SSSR count). The lowest BCUT2D eigenvalue weighted by atomic mass is 10.0. The second-order valence-electron chi connectivity index (χ2n) is 9.13. The first-order valence-corrected chi connectivity index (χ1v) is 13.4. The molecule has 1 amide bonds. The summed E-state index contributed by atoms with van der Waals surface area (Å²) in [6, 6.07) is 1.48. The molecule has 2 fully saturated rings. The number of nitrogens with one attached hydrogen (secondary N) is 2. The Morgan fingerprint density at radius 2 is 2.00 bits per heavy atom. The molecule has 0 radical (unpaired) electrons. The Morgan fingerprint density at radius 3 is 2.61 bits per heavy atom. The number of aromatic nitrogens is 1. The number of sulfonamides is 1. The van der Waals surface area contributed by atoms with Crippen LogP contribution in [0.1, 0.15) is 87.4 Å². The van der Waals surface area contributed by atoms with Gasteiger partial charge in [0, 0.05) is 31.1 Å². The Balaban J connectivity index is 1.60. The van der Waals surface area contributed by atoms with Gasteiger partial charge in [-0.1, -0.05) is 25.4 Å². The van der Waals surface area contributed by atoms with Gasteiger partial charge in [0.25, 0.3) is 5.91 Å². The molecular weight excluding hydrogens is 416 g/mol. The smallest absolute Gasteiger partial charge is 0.273 e. The fourth-order valence-corrected chi connectivity index (χ4v) is 6.26. The minimum atomic E-state index is -3.35. The summed E-state index contributed by atoms with van der Waals surface area (Å²) in [6.45, 7) is 5.84. The summed E-state index contributed by atoms with van der Waals surface area (Å²) in [5.41, 5.74) is 0.308. The van der Waals surface area contributed by atoms with Crippen LogP contribution in [0.15, 0.2) is 10.6 Å². The van der Waals surface area contributed by atoms with E-state index in [1.54, 1.807) is 17.4 Å². The fraction of sp³-hybridized carbons (Fsp3) is 0.818. The van der Waals surface area contributed by atoms with E-state index < -0.39 is 10.0 Å². The molecule has 1 aromatic rings. The Morgan fingerprint density at radius 1 is 1.29 bits per heavy atom. The molecule has 2 atom stereocenters. The van der Waals surface area contributed by atoms with E-state index in [1.807, 2.05) is 6.92 Å². The van der Waals surface area contributed by atoms with Crippen LogP contribution >= 0.6 is 0 Å². The van der Waals surface area contributed by atoms with Crippen molar-refractivity contribution in [1.29, 1.82) is 0 Å². The number of rotatable bonds is 12. The summed E-state index contributed by atoms with van der Waals surface area (Å²) in [4.78, 5) is 12.7. The van der Waals surface area contributed by atoms with Gasteiger partial charge in [0.1, 0.15) is 5.76 Å². The lowest BCUT2D eigenvalue weighted by molar-refractivity contribution is 0.0918. The van der Waals surface area contributed by atoms with Gasteiger partial charge in [-0.2, -0.15) is 0 Å². The summed E-state index contributed by atoms with van der Waals surface area (Å²) in [6.07, 6.45) is 6.96. The van der Waals surface area contributed by atoms with E-state index in [2.05, 4.69) is 22.7 Å². The molecule has 1 aliphatic carbocycles. The Kier molecular flexibility index (Phi) is 8.52. The average Bonchev–Trinajstić information content (AvgIpc) is 3.48. The zero-order valence-corrected chi connectivity index (χ0v) is 19.9. The largest absolute Gasteiger partial charge is 0.360 e. The van der Waals surface area contributed by atoms with Crippen molar-refractivity contribution in [3.05, 3.63) is 17.5 Å². The molecule has 1 saturated heterocycles. The van der Waals surface area contributed by atoms with Crippen LogP contribution in [-0.4, -0.2) is 61.8 Å². The van der Waals surface area contributed by atoms with Crippen LogP contribution in [0.3, 0.4) is 0 Å². The molecule has 1 aromatic heterocycles. The van der Waals surface area contributed by atoms with Gasteiger partial charge < -0.3 is 15.2 Å². The summed E-state index contributed by atoms with van der Waals surface area (Å²) < 4.78 is 33.0. The van der Waals surface area contributed by atoms with Crippen LogP contribution in [-0.2, 0) is 10.0 Å². The molecule has 2 N–H and O–H groups in total. The van der Waals surface area contributed by atoms with Crippen molar-refractivity contribution in [2.45, 2.75) is 83.2 Å². The SMILES string of the molecule is CCC[C@@H](C[C@H](CC)N(C)S(=O)(=O)CC1CCNCC1)NC(=O)c1cc(C2CC2)on1. The second kappa shape index (κ2) is 10.9. The van der Waals surface area contributed by atoms with Crippen LogP contribution in [0.4, 0.5) is 0 Å². The maximum atomic E-state index is 13.1. The van der Waals surface area contributed by atoms with Gasteiger partial charge in [0.2, 0.25) is 10.0 Å². The van der Waals surface area contributed by atoms with E-state index in [4.69, 9.17) is 4.52 Å². The van der Waals surface area contributed by atoms with E-state index in [0.29, 0.717) is 24.5 Å². The molecule has 1 saturated carbocycles. The quantitative estimate of drug-likeness (QED) is 0.503. The minimum absolute atomic E-state index is 0.111. The van der Waals surface area contributed by atoms with Gasteiger partial charge in [0.15, 0.2) is 5.69 Å². The highest BCUT2D eigenvalue weighted by atomic mass is 32.2. The van der Waals surface area contributed by atoms with E-state index in [-0.39, 0.29) is 29.7 Å². The molecule has 2 heterocycles. The highest BCUT2D eigenvalue weighted by Gasteiger charge is 2.32. The predicted molar refractivity (Wildman–Crippen MR) is 120 cm³/mol. The zero-order chi connectivity index (χ0) is 22.4. The highest BCUT2D eigenvalue weighted by molar-refractivity contribution is 7.89. The summed E-state index contributed by atoms with van der Waals surface area (Å²) >= 11 is 0. The first-order chi connectivity index (χ1) is 14.8. The monoisotopic (exact) mass is 454 g/mol. The molecule has 176 valence electrons. The summed E-state index contributed by atoms with van der Waals surface area (Å²) in [5.74, 6) is 1.36. The summed E-state index contributed by atoms with van der Waals surface area (Å²) in [7, 11) is -1.66. The van der Waals surface area contributed by atoms with Crippen molar-refractivity contribution in [2.75, 3.05) is 25.9 Å². The Hall–Kier alpha value is -1.45. The minimum Gasteiger partial charge on any atom is -0.360 e. The molecule has 8 nitrogen and oxygen atoms in total. The molecule has 0 unspecified atom stereocenters. The maximum Gasteiger partial charge on any atom is 0.273 e. The number of piperidine rings is 1. The molecule has 0 bridgehead atoms. The lowest BCUT2D eigenvalue weighted by Crippen LogP contribution is -2.45. The van der Waals surface area contributed by atoms with Crippen LogP contribution in [0, 0.1) is 5.92 Å². The third kappa shape index (κ3) is 6.76. The normalized spacial score (nSPS) is 20.0. The molecule has 9 heteroatoms. The molecular formula is C22H38N4O4S. The van der Waals surface area contributed by atoms with Gasteiger partial charge >= 0.3 is 0 Å². The molecule has 0 spiro atoms. The van der Waals surface area contributed by atoms with Crippen molar-refractivity contribution in [2.24, 2.45) is 5.92 Å². The number of hydrogen-bond acceptors (Lipinski definition) is 6. The van der Waals surface area contributed by atoms with Crippen molar-refractivity contribution < 1.29 is 17.7 Å². The Labute approximate surface area is 186 Å². The number of hydrogen-bond donors (Lipinski definition) is 2. The van der Waals surface area contributed by atoms with Crippen molar-refractivity contribution >= 4 is 15.9 Å². The van der Waals surface area contributed by atoms with Crippen molar-refractivity contribution in [3.63, 3.8) is 0 Å². The number of carbonyl (C=O) groups is 1. The number of amides is 1. The van der Waals surface area contributed by atoms with E-state index >= 15 is 0 Å². The topological polar surface area (TPSA) is 105 Å². The lowest BCUT2D eigenvalue weighted by Gasteiger charge is -2.32. The molecule has 2 aliphatic rings. The van der Waals surface area contributed by atoms with Gasteiger partial charge in [-0.25, -0.2) is 12.7 Å². The average molecular weight is 455 g/mol. The Bertz CT molecular complexity index is 815. The van der Waals surface area contributed by atoms with Crippen molar-refractivity contribution in [1.82, 2.24) is 20.1 Å². The zero-order valence-electron chi connectivity index (χ0n) is 19.1. The van der Waals surface area contributed by atoms with Gasteiger partial charge in [-0.05, 0) is 64.0 Å². The third-order valence-electron chi connectivity index (χ3n) is 6.60. The summed E-state index contributed by atoms with van der Waals surface area (Å²) in [5, 5.41) is 10.3. The maximum absolute atomic E-state index is 13.1. The number of nitrogens with zero attached hydrogens (tertiary/aromatic N) is 2. The van der Waals surface area contributed by atoms with Crippen LogP contribution in [0.2, 0.25) is 0 Å². The number of carbonyl (C=O) groups excluding carboxylic acids is 1.